The molecular formula is C16H25N3O2S. The van der Waals surface area contributed by atoms with E-state index in [0.717, 1.165) is 27.7 Å². The van der Waals surface area contributed by atoms with Gasteiger partial charge in [0.25, 0.3) is 0 Å². The maximum absolute atomic E-state index is 10.8. The predicted octanol–water partition coefficient (Wildman–Crippen LogP) is 3.89. The summed E-state index contributed by atoms with van der Waals surface area (Å²) in [5.74, 6) is -0.0699. The minimum atomic E-state index is -0.0699. The number of aliphatic hydroxyl groups is 1. The number of anilines is 1. The lowest BCUT2D eigenvalue weighted by Gasteiger charge is -2.01. The van der Waals surface area contributed by atoms with Crippen LogP contribution in [0.25, 0.3) is 10.6 Å². The first-order chi connectivity index (χ1) is 10.6. The number of benzene rings is 1. The maximum atomic E-state index is 10.8. The van der Waals surface area contributed by atoms with Crippen molar-refractivity contribution in [2.24, 2.45) is 0 Å². The van der Waals surface area contributed by atoms with E-state index in [0.29, 0.717) is 6.61 Å². The van der Waals surface area contributed by atoms with Gasteiger partial charge in [-0.1, -0.05) is 32.1 Å². The molecule has 0 fully saturated rings. The zero-order valence-corrected chi connectivity index (χ0v) is 14.7. The molecule has 6 heteroatoms. The molecule has 0 radical (unpaired) electrons. The fraction of sp³-hybridized carbons (Fsp3) is 0.438. The van der Waals surface area contributed by atoms with Gasteiger partial charge in [-0.15, -0.1) is 10.2 Å². The first-order valence-electron chi connectivity index (χ1n) is 7.35. The number of nitrogens with one attached hydrogen (secondary N) is 1. The summed E-state index contributed by atoms with van der Waals surface area (Å²) in [4.78, 5) is 10.8. The van der Waals surface area contributed by atoms with Crippen molar-refractivity contribution in [2.75, 3.05) is 11.9 Å². The lowest BCUT2D eigenvalue weighted by Crippen LogP contribution is -2.05. The number of carbonyl (C=O) groups is 1. The highest BCUT2D eigenvalue weighted by molar-refractivity contribution is 7.14. The maximum Gasteiger partial charge on any atom is 0.221 e. The molecule has 2 rings (SSSR count). The SMILES string of the molecule is CC.CC(=O)Nc1ccc(-c2nnc(C)s2)cc1.CCCO. The molecule has 1 heterocycles. The Bertz CT molecular complexity index is 537. The van der Waals surface area contributed by atoms with Crippen LogP contribution in [0.1, 0.15) is 39.1 Å². The number of hydrogen-bond donors (Lipinski definition) is 2. The normalized spacial score (nSPS) is 9.00. The number of amides is 1. The number of hydrogen-bond acceptors (Lipinski definition) is 5. The van der Waals surface area contributed by atoms with Crippen LogP contribution in [0.15, 0.2) is 24.3 Å². The van der Waals surface area contributed by atoms with E-state index in [-0.39, 0.29) is 5.91 Å². The molecular weight excluding hydrogens is 298 g/mol. The van der Waals surface area contributed by atoms with Crippen LogP contribution in [-0.2, 0) is 4.79 Å². The molecule has 0 atom stereocenters. The van der Waals surface area contributed by atoms with E-state index in [1.807, 2.05) is 52.0 Å². The molecule has 0 aliphatic heterocycles. The van der Waals surface area contributed by atoms with Crippen molar-refractivity contribution in [1.82, 2.24) is 10.2 Å². The summed E-state index contributed by atoms with van der Waals surface area (Å²) in [5.41, 5.74) is 1.80. The molecule has 0 saturated carbocycles. The minimum Gasteiger partial charge on any atom is -0.396 e. The van der Waals surface area contributed by atoms with E-state index >= 15 is 0 Å². The van der Waals surface area contributed by atoms with E-state index in [1.54, 1.807) is 11.3 Å². The molecule has 1 aromatic carbocycles. The summed E-state index contributed by atoms with van der Waals surface area (Å²) >= 11 is 1.55. The second-order valence-corrected chi connectivity index (χ2v) is 5.29. The van der Waals surface area contributed by atoms with Gasteiger partial charge in [0.15, 0.2) is 0 Å². The zero-order valence-electron chi connectivity index (χ0n) is 13.9. The van der Waals surface area contributed by atoms with Crippen LogP contribution in [0.4, 0.5) is 5.69 Å². The third-order valence-electron chi connectivity index (χ3n) is 2.20. The van der Waals surface area contributed by atoms with Crippen molar-refractivity contribution in [3.8, 4) is 10.6 Å². The quantitative estimate of drug-likeness (QED) is 0.898. The highest BCUT2D eigenvalue weighted by Gasteiger charge is 2.03. The molecule has 0 saturated heterocycles. The molecule has 5 nitrogen and oxygen atoms in total. The largest absolute Gasteiger partial charge is 0.396 e. The van der Waals surface area contributed by atoms with Crippen LogP contribution >= 0.6 is 11.3 Å². The van der Waals surface area contributed by atoms with Crippen molar-refractivity contribution < 1.29 is 9.90 Å². The van der Waals surface area contributed by atoms with E-state index in [2.05, 4.69) is 15.5 Å². The Morgan fingerprint density at radius 3 is 2.14 bits per heavy atom. The summed E-state index contributed by atoms with van der Waals surface area (Å²) in [6.07, 6.45) is 0.875. The van der Waals surface area contributed by atoms with Gasteiger partial charge in [0, 0.05) is 24.8 Å². The second-order valence-electron chi connectivity index (χ2n) is 4.11. The van der Waals surface area contributed by atoms with Crippen molar-refractivity contribution >= 4 is 22.9 Å². The average Bonchev–Trinajstić information content (AvgIpc) is 2.96. The summed E-state index contributed by atoms with van der Waals surface area (Å²) in [6.45, 7) is 9.66. The minimum absolute atomic E-state index is 0.0699. The van der Waals surface area contributed by atoms with Crippen molar-refractivity contribution in [3.63, 3.8) is 0 Å². The molecule has 122 valence electrons. The number of aromatic nitrogens is 2. The Hall–Kier alpha value is -1.79. The topological polar surface area (TPSA) is 75.1 Å². The fourth-order valence-electron chi connectivity index (χ4n) is 1.31. The molecule has 0 unspecified atom stereocenters. The molecule has 0 aliphatic carbocycles. The molecule has 2 N–H and O–H groups in total. The van der Waals surface area contributed by atoms with Crippen molar-refractivity contribution in [3.05, 3.63) is 29.3 Å². The van der Waals surface area contributed by atoms with Gasteiger partial charge in [0.2, 0.25) is 5.91 Å². The van der Waals surface area contributed by atoms with Crippen LogP contribution < -0.4 is 5.32 Å². The lowest BCUT2D eigenvalue weighted by molar-refractivity contribution is -0.114. The summed E-state index contributed by atoms with van der Waals surface area (Å²) in [6, 6.07) is 7.55. The fourth-order valence-corrected chi connectivity index (χ4v) is 2.01. The molecule has 0 bridgehead atoms. The van der Waals surface area contributed by atoms with Gasteiger partial charge >= 0.3 is 0 Å². The smallest absolute Gasteiger partial charge is 0.221 e. The van der Waals surface area contributed by atoms with Gasteiger partial charge < -0.3 is 10.4 Å². The molecule has 1 aromatic heterocycles. The number of carbonyl (C=O) groups excluding carboxylic acids is 1. The van der Waals surface area contributed by atoms with E-state index in [4.69, 9.17) is 5.11 Å². The first kappa shape index (κ1) is 20.2. The van der Waals surface area contributed by atoms with Crippen molar-refractivity contribution in [1.29, 1.82) is 0 Å². The summed E-state index contributed by atoms with van der Waals surface area (Å²) in [5, 5.41) is 20.5. The van der Waals surface area contributed by atoms with E-state index < -0.39 is 0 Å². The van der Waals surface area contributed by atoms with Gasteiger partial charge in [-0.25, -0.2) is 0 Å². The summed E-state index contributed by atoms with van der Waals surface area (Å²) < 4.78 is 0. The molecule has 0 aliphatic rings. The number of aliphatic hydroxyl groups excluding tert-OH is 1. The number of rotatable bonds is 3. The highest BCUT2D eigenvalue weighted by Crippen LogP contribution is 2.24. The Labute approximate surface area is 136 Å². The Balaban J connectivity index is 0.000000640. The monoisotopic (exact) mass is 323 g/mol. The van der Waals surface area contributed by atoms with Gasteiger partial charge in [-0.2, -0.15) is 0 Å². The first-order valence-corrected chi connectivity index (χ1v) is 8.17. The van der Waals surface area contributed by atoms with Crippen molar-refractivity contribution in [2.45, 2.75) is 41.0 Å². The highest BCUT2D eigenvalue weighted by atomic mass is 32.1. The van der Waals surface area contributed by atoms with Crippen LogP contribution in [-0.4, -0.2) is 27.8 Å². The molecule has 2 aromatic rings. The van der Waals surface area contributed by atoms with Crippen LogP contribution in [0, 0.1) is 6.92 Å². The zero-order chi connectivity index (χ0) is 17.0. The van der Waals surface area contributed by atoms with Gasteiger partial charge in [-0.3, -0.25) is 4.79 Å². The van der Waals surface area contributed by atoms with Gasteiger partial charge in [-0.05, 0) is 37.6 Å². The second kappa shape index (κ2) is 11.8. The van der Waals surface area contributed by atoms with E-state index in [1.165, 1.54) is 6.92 Å². The third kappa shape index (κ3) is 7.85. The molecule has 22 heavy (non-hydrogen) atoms. The Kier molecular flexibility index (Phi) is 10.9. The van der Waals surface area contributed by atoms with Gasteiger partial charge in [0.1, 0.15) is 10.0 Å². The molecule has 1 amide bonds. The number of aryl methyl sites for hydroxylation is 1. The Morgan fingerprint density at radius 1 is 1.23 bits per heavy atom. The molecule has 0 spiro atoms. The van der Waals surface area contributed by atoms with E-state index in [9.17, 15) is 4.79 Å². The third-order valence-corrected chi connectivity index (χ3v) is 3.09. The lowest BCUT2D eigenvalue weighted by atomic mass is 10.2. The predicted molar refractivity (Wildman–Crippen MR) is 93.1 cm³/mol. The van der Waals surface area contributed by atoms with Gasteiger partial charge in [0.05, 0.1) is 0 Å². The Morgan fingerprint density at radius 2 is 1.77 bits per heavy atom. The van der Waals surface area contributed by atoms with Crippen LogP contribution in [0.2, 0.25) is 0 Å². The van der Waals surface area contributed by atoms with Crippen LogP contribution in [0.5, 0.6) is 0 Å². The standard InChI is InChI=1S/C11H11N3OS.C3H8O.C2H6/c1-7(15)12-10-5-3-9(4-6-10)11-14-13-8(2)16-11;1-2-3-4;1-2/h3-6H,1-2H3,(H,12,15);4H,2-3H2,1H3;1-2H3. The average molecular weight is 323 g/mol. The number of nitrogens with zero attached hydrogens (tertiary/aromatic N) is 2. The van der Waals surface area contributed by atoms with Crippen LogP contribution in [0.3, 0.4) is 0 Å². The summed E-state index contributed by atoms with van der Waals surface area (Å²) in [7, 11) is 0.